The number of anilines is 2. The number of hydrogen-bond donors (Lipinski definition) is 2. The summed E-state index contributed by atoms with van der Waals surface area (Å²) in [5, 5.41) is 4.09. The first-order valence-electron chi connectivity index (χ1n) is 12.5. The number of aromatic nitrogens is 3. The van der Waals surface area contributed by atoms with Gasteiger partial charge in [0.1, 0.15) is 17.8 Å². The third-order valence-corrected chi connectivity index (χ3v) is 9.31. The summed E-state index contributed by atoms with van der Waals surface area (Å²) in [5.41, 5.74) is 1.23. The molecule has 0 bridgehead atoms. The number of carbonyl (C=O) groups excluding carboxylic acids is 1. The zero-order valence-corrected chi connectivity index (χ0v) is 21.1. The Balaban J connectivity index is 1.17. The summed E-state index contributed by atoms with van der Waals surface area (Å²) < 4.78 is 26.4. The van der Waals surface area contributed by atoms with Crippen LogP contribution in [0.4, 0.5) is 11.5 Å². The largest absolute Gasteiger partial charge is 0.375 e. The Labute approximate surface area is 215 Å². The van der Waals surface area contributed by atoms with E-state index in [1.807, 2.05) is 17.2 Å². The normalized spacial score (nSPS) is 19.7. The maximum Gasteiger partial charge on any atom is 0.241 e. The van der Waals surface area contributed by atoms with E-state index in [-0.39, 0.29) is 28.3 Å². The van der Waals surface area contributed by atoms with E-state index in [9.17, 15) is 13.2 Å². The number of H-pyrrole nitrogens is 1. The molecule has 9 nitrogen and oxygen atoms in total. The lowest BCUT2D eigenvalue weighted by molar-refractivity contribution is -0.130. The maximum atomic E-state index is 13.3. The van der Waals surface area contributed by atoms with Gasteiger partial charge in [-0.2, -0.15) is 0 Å². The summed E-state index contributed by atoms with van der Waals surface area (Å²) in [6.45, 7) is 2.24. The topological polar surface area (TPSA) is 111 Å². The van der Waals surface area contributed by atoms with Gasteiger partial charge in [0.2, 0.25) is 15.7 Å². The molecule has 190 valence electrons. The van der Waals surface area contributed by atoms with Gasteiger partial charge in [0.25, 0.3) is 0 Å². The van der Waals surface area contributed by atoms with Crippen LogP contribution in [0.15, 0.2) is 83.0 Å². The van der Waals surface area contributed by atoms with Crippen LogP contribution in [0.5, 0.6) is 0 Å². The molecular formula is C27H28N6O3S. The summed E-state index contributed by atoms with van der Waals surface area (Å²) >= 11 is 0. The number of hydrogen-bond acceptors (Lipinski definition) is 7. The SMILES string of the molecule is O=C(CNc1ccccc1S(=O)(=O)c1ccccc1)N1CC[C@H]2CCN(c3ncnc4[nH]ccc34)[C@H]2C1. The first-order chi connectivity index (χ1) is 18.0. The molecule has 0 spiro atoms. The van der Waals surface area contributed by atoms with E-state index < -0.39 is 9.84 Å². The van der Waals surface area contributed by atoms with Crippen LogP contribution in [0.25, 0.3) is 11.0 Å². The van der Waals surface area contributed by atoms with E-state index in [4.69, 9.17) is 0 Å². The first-order valence-corrected chi connectivity index (χ1v) is 14.0. The second-order valence-electron chi connectivity index (χ2n) is 9.54. The molecule has 2 atom stereocenters. The van der Waals surface area contributed by atoms with Gasteiger partial charge in [-0.15, -0.1) is 0 Å². The number of aromatic amines is 1. The quantitative estimate of drug-likeness (QED) is 0.404. The molecule has 2 aliphatic heterocycles. The van der Waals surface area contributed by atoms with Crippen LogP contribution >= 0.6 is 0 Å². The second kappa shape index (κ2) is 9.51. The zero-order chi connectivity index (χ0) is 25.4. The molecule has 6 rings (SSSR count). The molecule has 37 heavy (non-hydrogen) atoms. The molecule has 10 heteroatoms. The molecule has 2 fully saturated rings. The summed E-state index contributed by atoms with van der Waals surface area (Å²) in [6, 6.07) is 17.2. The lowest BCUT2D eigenvalue weighted by Crippen LogP contribution is -2.51. The van der Waals surface area contributed by atoms with Crippen LogP contribution in [-0.2, 0) is 14.6 Å². The number of sulfone groups is 1. The molecule has 0 aliphatic carbocycles. The smallest absolute Gasteiger partial charge is 0.241 e. The number of benzene rings is 2. The van der Waals surface area contributed by atoms with Crippen LogP contribution in [0.3, 0.4) is 0 Å². The van der Waals surface area contributed by atoms with Crippen molar-refractivity contribution >= 4 is 38.3 Å². The number of piperidine rings is 1. The van der Waals surface area contributed by atoms with Crippen molar-refractivity contribution in [3.8, 4) is 0 Å². The third-order valence-electron chi connectivity index (χ3n) is 7.48. The minimum atomic E-state index is -3.71. The summed E-state index contributed by atoms with van der Waals surface area (Å²) in [6.07, 6.45) is 5.46. The van der Waals surface area contributed by atoms with Gasteiger partial charge in [-0.1, -0.05) is 30.3 Å². The van der Waals surface area contributed by atoms with Crippen LogP contribution in [0.2, 0.25) is 0 Å². The average molecular weight is 517 g/mol. The van der Waals surface area contributed by atoms with Crippen molar-refractivity contribution < 1.29 is 13.2 Å². The molecular weight excluding hydrogens is 488 g/mol. The monoisotopic (exact) mass is 516 g/mol. The molecule has 4 aromatic rings. The van der Waals surface area contributed by atoms with Gasteiger partial charge in [0, 0.05) is 25.8 Å². The summed E-state index contributed by atoms with van der Waals surface area (Å²) in [5.74, 6) is 1.37. The molecule has 4 heterocycles. The van der Waals surface area contributed by atoms with Crippen LogP contribution in [0.1, 0.15) is 12.8 Å². The molecule has 2 saturated heterocycles. The highest BCUT2D eigenvalue weighted by Gasteiger charge is 2.40. The van der Waals surface area contributed by atoms with E-state index in [0.29, 0.717) is 24.7 Å². The number of fused-ring (bicyclic) bond motifs is 2. The Hall–Kier alpha value is -3.92. The van der Waals surface area contributed by atoms with Crippen molar-refractivity contribution in [1.29, 1.82) is 0 Å². The van der Waals surface area contributed by atoms with Gasteiger partial charge in [-0.3, -0.25) is 4.79 Å². The van der Waals surface area contributed by atoms with Gasteiger partial charge in [-0.05, 0) is 49.1 Å². The molecule has 2 N–H and O–H groups in total. The molecule has 0 saturated carbocycles. The molecule has 2 aromatic heterocycles. The number of amides is 1. The number of para-hydroxylation sites is 1. The van der Waals surface area contributed by atoms with Crippen LogP contribution in [0, 0.1) is 5.92 Å². The zero-order valence-electron chi connectivity index (χ0n) is 20.2. The number of likely N-dealkylation sites (tertiary alicyclic amines) is 1. The fourth-order valence-electron chi connectivity index (χ4n) is 5.57. The summed E-state index contributed by atoms with van der Waals surface area (Å²) in [4.78, 5) is 29.9. The molecule has 0 unspecified atom stereocenters. The van der Waals surface area contributed by atoms with E-state index in [0.717, 1.165) is 36.2 Å². The summed E-state index contributed by atoms with van der Waals surface area (Å²) in [7, 11) is -3.71. The minimum Gasteiger partial charge on any atom is -0.375 e. The van der Waals surface area contributed by atoms with E-state index in [2.05, 4.69) is 25.2 Å². The second-order valence-corrected chi connectivity index (χ2v) is 11.5. The molecule has 1 amide bonds. The highest BCUT2D eigenvalue weighted by molar-refractivity contribution is 7.91. The fraction of sp³-hybridized carbons (Fsp3) is 0.296. The van der Waals surface area contributed by atoms with Crippen molar-refractivity contribution in [2.75, 3.05) is 36.4 Å². The van der Waals surface area contributed by atoms with E-state index >= 15 is 0 Å². The van der Waals surface area contributed by atoms with E-state index in [1.54, 1.807) is 60.9 Å². The van der Waals surface area contributed by atoms with Crippen molar-refractivity contribution in [1.82, 2.24) is 19.9 Å². The maximum absolute atomic E-state index is 13.3. The Morgan fingerprint density at radius 3 is 2.65 bits per heavy atom. The minimum absolute atomic E-state index is 0.0221. The Morgan fingerprint density at radius 2 is 1.78 bits per heavy atom. The molecule has 2 aliphatic rings. The first kappa shape index (κ1) is 23.5. The van der Waals surface area contributed by atoms with Gasteiger partial charge >= 0.3 is 0 Å². The number of rotatable bonds is 6. The third kappa shape index (κ3) is 4.31. The van der Waals surface area contributed by atoms with Crippen molar-refractivity contribution in [3.05, 3.63) is 73.2 Å². The Morgan fingerprint density at radius 1 is 1.00 bits per heavy atom. The van der Waals surface area contributed by atoms with Crippen molar-refractivity contribution in [2.24, 2.45) is 5.92 Å². The van der Waals surface area contributed by atoms with E-state index in [1.165, 1.54) is 0 Å². The number of nitrogens with zero attached hydrogens (tertiary/aromatic N) is 4. The fourth-order valence-corrected chi connectivity index (χ4v) is 7.03. The lowest BCUT2D eigenvalue weighted by Gasteiger charge is -2.39. The van der Waals surface area contributed by atoms with Crippen LogP contribution in [-0.4, -0.2) is 66.4 Å². The van der Waals surface area contributed by atoms with Gasteiger partial charge in [0.15, 0.2) is 0 Å². The van der Waals surface area contributed by atoms with Gasteiger partial charge < -0.3 is 20.1 Å². The highest BCUT2D eigenvalue weighted by atomic mass is 32.2. The van der Waals surface area contributed by atoms with Crippen molar-refractivity contribution in [2.45, 2.75) is 28.7 Å². The average Bonchev–Trinajstić information content (AvgIpc) is 3.59. The van der Waals surface area contributed by atoms with Crippen molar-refractivity contribution in [3.63, 3.8) is 0 Å². The highest BCUT2D eigenvalue weighted by Crippen LogP contribution is 2.36. The number of carbonyl (C=O) groups is 1. The lowest BCUT2D eigenvalue weighted by atomic mass is 9.92. The Bertz CT molecular complexity index is 1540. The molecule has 0 radical (unpaired) electrons. The predicted molar refractivity (Wildman–Crippen MR) is 141 cm³/mol. The predicted octanol–water partition coefficient (Wildman–Crippen LogP) is 3.33. The van der Waals surface area contributed by atoms with Gasteiger partial charge in [0.05, 0.1) is 33.5 Å². The molecule has 2 aromatic carbocycles. The van der Waals surface area contributed by atoms with Crippen LogP contribution < -0.4 is 10.2 Å². The standard InChI is InChI=1S/C27H28N6O3S/c34-25(16-29-22-8-4-5-9-24(22)37(35,36)20-6-2-1-3-7-20)32-14-11-19-12-15-33(23(19)17-32)27-21-10-13-28-26(21)30-18-31-27/h1-10,13,18-19,23,29H,11-12,14-17H2,(H,28,30,31)/t19-,23-/m0/s1. The van der Waals surface area contributed by atoms with Gasteiger partial charge in [-0.25, -0.2) is 18.4 Å². The number of nitrogens with one attached hydrogen (secondary N) is 2. The Kier molecular flexibility index (Phi) is 6.03.